The molecule has 1 amide bonds. The van der Waals surface area contributed by atoms with Gasteiger partial charge in [0.2, 0.25) is 0 Å². The van der Waals surface area contributed by atoms with Gasteiger partial charge in [0.05, 0.1) is 21.7 Å². The van der Waals surface area contributed by atoms with Gasteiger partial charge in [-0.25, -0.2) is 8.42 Å². The first-order valence-electron chi connectivity index (χ1n) is 8.29. The molecule has 0 unspecified atom stereocenters. The Morgan fingerprint density at radius 1 is 1.33 bits per heavy atom. The summed E-state index contributed by atoms with van der Waals surface area (Å²) < 4.78 is 33.2. The van der Waals surface area contributed by atoms with Crippen LogP contribution >= 0.6 is 11.3 Å². The minimum Gasteiger partial charge on any atom is -0.380 e. The fourth-order valence-corrected chi connectivity index (χ4v) is 4.37. The zero-order valence-corrected chi connectivity index (χ0v) is 16.9. The van der Waals surface area contributed by atoms with Crippen molar-refractivity contribution in [3.63, 3.8) is 0 Å². The second kappa shape index (κ2) is 7.75. The van der Waals surface area contributed by atoms with Crippen LogP contribution in [0, 0.1) is 0 Å². The third kappa shape index (κ3) is 4.34. The van der Waals surface area contributed by atoms with Gasteiger partial charge in [-0.3, -0.25) is 9.48 Å². The molecule has 0 aliphatic rings. The van der Waals surface area contributed by atoms with Crippen LogP contribution in [0.15, 0.2) is 40.4 Å². The summed E-state index contributed by atoms with van der Waals surface area (Å²) >= 11 is 1.26. The van der Waals surface area contributed by atoms with Crippen molar-refractivity contribution in [2.24, 2.45) is 12.0 Å². The maximum absolute atomic E-state index is 12.4. The number of amides is 1. The van der Waals surface area contributed by atoms with E-state index in [1.807, 2.05) is 11.5 Å². The zero-order valence-electron chi connectivity index (χ0n) is 15.2. The summed E-state index contributed by atoms with van der Waals surface area (Å²) in [6, 6.07) is 6.51. The molecular formula is C17H20N4O4S2. The maximum atomic E-state index is 12.4. The highest BCUT2D eigenvalue weighted by atomic mass is 32.2. The highest BCUT2D eigenvalue weighted by molar-refractivity contribution is 7.90. The molecule has 1 aromatic carbocycles. The number of carbonyl (C=O) groups excluding carboxylic acids is 1. The van der Waals surface area contributed by atoms with E-state index < -0.39 is 15.7 Å². The third-order valence-corrected chi connectivity index (χ3v) is 6.03. The molecule has 10 heteroatoms. The number of aromatic nitrogens is 3. The molecule has 2 aromatic heterocycles. The normalized spacial score (nSPS) is 12.8. The number of carbonyl (C=O) groups is 1. The molecule has 3 aromatic rings. The Morgan fingerprint density at radius 3 is 2.74 bits per heavy atom. The number of ether oxygens (including phenoxy) is 1. The molecule has 2 heterocycles. The summed E-state index contributed by atoms with van der Waals surface area (Å²) in [7, 11) is -1.59. The zero-order chi connectivity index (χ0) is 19.6. The average Bonchev–Trinajstić information content (AvgIpc) is 3.18. The van der Waals surface area contributed by atoms with Crippen LogP contribution in [0.5, 0.6) is 0 Å². The van der Waals surface area contributed by atoms with Gasteiger partial charge < -0.3 is 9.30 Å². The number of hydrogen-bond donors (Lipinski definition) is 0. The quantitative estimate of drug-likeness (QED) is 0.578. The standard InChI is InChI=1S/C17H20N4O4S2/c1-4-25-10-9-21-14-6-5-12(27(3,23)24)11-15(14)26-17(21)18-16(22)13-7-8-20(2)19-13/h5-8,11H,4,9-10H2,1-3H3. The lowest BCUT2D eigenvalue weighted by atomic mass is 10.3. The fourth-order valence-electron chi connectivity index (χ4n) is 2.56. The van der Waals surface area contributed by atoms with Gasteiger partial charge in [0, 0.05) is 32.7 Å². The van der Waals surface area contributed by atoms with Gasteiger partial charge in [-0.2, -0.15) is 10.1 Å². The Morgan fingerprint density at radius 2 is 2.11 bits per heavy atom. The fraction of sp³-hybridized carbons (Fsp3) is 0.353. The minimum absolute atomic E-state index is 0.232. The second-order valence-corrected chi connectivity index (χ2v) is 8.95. The lowest BCUT2D eigenvalue weighted by Crippen LogP contribution is -2.20. The first-order chi connectivity index (χ1) is 12.8. The van der Waals surface area contributed by atoms with Crippen LogP contribution in [0.3, 0.4) is 0 Å². The summed E-state index contributed by atoms with van der Waals surface area (Å²) in [5.41, 5.74) is 1.06. The predicted molar refractivity (Wildman–Crippen MR) is 103 cm³/mol. The molecular weight excluding hydrogens is 388 g/mol. The van der Waals surface area contributed by atoms with E-state index in [0.29, 0.717) is 24.6 Å². The molecule has 0 spiro atoms. The number of benzene rings is 1. The Kier molecular flexibility index (Phi) is 5.59. The Hall–Kier alpha value is -2.30. The highest BCUT2D eigenvalue weighted by Crippen LogP contribution is 2.22. The van der Waals surface area contributed by atoms with Crippen LogP contribution in [0.25, 0.3) is 10.2 Å². The van der Waals surface area contributed by atoms with Gasteiger partial charge in [0.25, 0.3) is 5.91 Å². The molecule has 0 aliphatic carbocycles. The molecule has 0 fully saturated rings. The van der Waals surface area contributed by atoms with Gasteiger partial charge in [-0.05, 0) is 31.2 Å². The van der Waals surface area contributed by atoms with Crippen molar-refractivity contribution in [1.82, 2.24) is 14.3 Å². The molecule has 0 atom stereocenters. The molecule has 0 saturated heterocycles. The molecule has 0 aliphatic heterocycles. The Balaban J connectivity index is 2.12. The summed E-state index contributed by atoms with van der Waals surface area (Å²) in [4.78, 5) is 17.4. The van der Waals surface area contributed by atoms with Crippen LogP contribution in [0.2, 0.25) is 0 Å². The maximum Gasteiger partial charge on any atom is 0.300 e. The van der Waals surface area contributed by atoms with Gasteiger partial charge in [0.15, 0.2) is 20.3 Å². The second-order valence-electron chi connectivity index (χ2n) is 5.93. The van der Waals surface area contributed by atoms with Crippen LogP contribution < -0.4 is 4.80 Å². The van der Waals surface area contributed by atoms with Crippen molar-refractivity contribution in [3.8, 4) is 0 Å². The van der Waals surface area contributed by atoms with Crippen LogP contribution in [-0.2, 0) is 28.2 Å². The van der Waals surface area contributed by atoms with E-state index in [4.69, 9.17) is 4.74 Å². The molecule has 0 bridgehead atoms. The Labute approximate surface area is 160 Å². The number of aryl methyl sites for hydroxylation is 1. The van der Waals surface area contributed by atoms with Gasteiger partial charge in [-0.1, -0.05) is 11.3 Å². The topological polar surface area (TPSA) is 95.6 Å². The number of nitrogens with zero attached hydrogens (tertiary/aromatic N) is 4. The highest BCUT2D eigenvalue weighted by Gasteiger charge is 2.14. The molecule has 0 N–H and O–H groups in total. The monoisotopic (exact) mass is 408 g/mol. The first-order valence-corrected chi connectivity index (χ1v) is 11.0. The minimum atomic E-state index is -3.32. The van der Waals surface area contributed by atoms with E-state index in [1.54, 1.807) is 37.5 Å². The average molecular weight is 409 g/mol. The smallest absolute Gasteiger partial charge is 0.300 e. The molecule has 0 saturated carbocycles. The van der Waals surface area contributed by atoms with Crippen molar-refractivity contribution >= 4 is 37.3 Å². The molecule has 8 nitrogen and oxygen atoms in total. The van der Waals surface area contributed by atoms with Crippen molar-refractivity contribution in [2.75, 3.05) is 19.5 Å². The molecule has 27 heavy (non-hydrogen) atoms. The lowest BCUT2D eigenvalue weighted by molar-refractivity contribution is 0.0991. The lowest BCUT2D eigenvalue weighted by Gasteiger charge is -2.06. The van der Waals surface area contributed by atoms with E-state index >= 15 is 0 Å². The summed E-state index contributed by atoms with van der Waals surface area (Å²) in [5.74, 6) is -0.448. The van der Waals surface area contributed by atoms with Gasteiger partial charge in [-0.15, -0.1) is 0 Å². The number of hydrogen-bond acceptors (Lipinski definition) is 6. The number of rotatable bonds is 6. The largest absolute Gasteiger partial charge is 0.380 e. The van der Waals surface area contributed by atoms with Crippen molar-refractivity contribution < 1.29 is 17.9 Å². The molecule has 3 rings (SSSR count). The van der Waals surface area contributed by atoms with Gasteiger partial charge in [0.1, 0.15) is 0 Å². The predicted octanol–water partition coefficient (Wildman–Crippen LogP) is 1.62. The summed E-state index contributed by atoms with van der Waals surface area (Å²) in [6.07, 6.45) is 2.84. The number of fused-ring (bicyclic) bond motifs is 1. The van der Waals surface area contributed by atoms with Crippen molar-refractivity contribution in [2.45, 2.75) is 18.4 Å². The number of sulfone groups is 1. The van der Waals surface area contributed by atoms with E-state index in [1.165, 1.54) is 22.3 Å². The third-order valence-electron chi connectivity index (χ3n) is 3.88. The SMILES string of the molecule is CCOCCn1c(=NC(=O)c2ccn(C)n2)sc2cc(S(C)(=O)=O)ccc21. The summed E-state index contributed by atoms with van der Waals surface area (Å²) in [6.45, 7) is 3.45. The van der Waals surface area contributed by atoms with Gasteiger partial charge >= 0.3 is 0 Å². The Bertz CT molecular complexity index is 1160. The van der Waals surface area contributed by atoms with E-state index in [-0.39, 0.29) is 10.6 Å². The van der Waals surface area contributed by atoms with Crippen LogP contribution in [-0.4, -0.2) is 48.1 Å². The van der Waals surface area contributed by atoms with Crippen molar-refractivity contribution in [1.29, 1.82) is 0 Å². The van der Waals surface area contributed by atoms with E-state index in [0.717, 1.165) is 10.2 Å². The van der Waals surface area contributed by atoms with E-state index in [2.05, 4.69) is 10.1 Å². The number of thiazole rings is 1. The van der Waals surface area contributed by atoms with E-state index in [9.17, 15) is 13.2 Å². The van der Waals surface area contributed by atoms with Crippen molar-refractivity contribution in [3.05, 3.63) is 41.0 Å². The van der Waals surface area contributed by atoms with Crippen LogP contribution in [0.4, 0.5) is 0 Å². The first kappa shape index (κ1) is 19.5. The molecule has 144 valence electrons. The van der Waals surface area contributed by atoms with Crippen LogP contribution in [0.1, 0.15) is 17.4 Å². The molecule has 0 radical (unpaired) electrons. The summed E-state index contributed by atoms with van der Waals surface area (Å²) in [5, 5.41) is 4.08.